The molecule has 0 radical (unpaired) electrons. The maximum absolute atomic E-state index is 5.56. The minimum atomic E-state index is 0.00177. The standard InChI is InChI=1S/C25H21N5O/c1-16-8-6-11-19-14-21(24-29-25(31-30-24)18-9-4-3-5-10-18)23(28-22(16)19)27-17(2)20-12-7-13-26-15-20/h3-15,17H,1-2H3,(H,27,28). The summed E-state index contributed by atoms with van der Waals surface area (Å²) in [6, 6.07) is 21.9. The van der Waals surface area contributed by atoms with E-state index >= 15 is 0 Å². The molecule has 6 nitrogen and oxygen atoms in total. The van der Waals surface area contributed by atoms with Crippen molar-refractivity contribution in [1.29, 1.82) is 0 Å². The highest BCUT2D eigenvalue weighted by Gasteiger charge is 2.18. The van der Waals surface area contributed by atoms with Crippen LogP contribution < -0.4 is 5.32 Å². The highest BCUT2D eigenvalue weighted by Crippen LogP contribution is 2.32. The summed E-state index contributed by atoms with van der Waals surface area (Å²) >= 11 is 0. The van der Waals surface area contributed by atoms with E-state index in [1.165, 1.54) is 0 Å². The Bertz CT molecular complexity index is 1330. The van der Waals surface area contributed by atoms with E-state index in [0.717, 1.165) is 33.2 Å². The third-order valence-electron chi connectivity index (χ3n) is 5.27. The molecule has 1 N–H and O–H groups in total. The summed E-state index contributed by atoms with van der Waals surface area (Å²) in [4.78, 5) is 13.8. The number of aromatic nitrogens is 4. The fourth-order valence-corrected chi connectivity index (χ4v) is 3.58. The zero-order chi connectivity index (χ0) is 21.2. The lowest BCUT2D eigenvalue weighted by Crippen LogP contribution is -2.10. The molecule has 1 atom stereocenters. The summed E-state index contributed by atoms with van der Waals surface area (Å²) in [5.74, 6) is 1.68. The van der Waals surface area contributed by atoms with E-state index in [2.05, 4.69) is 46.4 Å². The molecule has 0 bridgehead atoms. The summed E-state index contributed by atoms with van der Waals surface area (Å²) in [6.45, 7) is 4.14. The Balaban J connectivity index is 1.61. The van der Waals surface area contributed by atoms with Crippen molar-refractivity contribution in [2.45, 2.75) is 19.9 Å². The molecule has 152 valence electrons. The third-order valence-corrected chi connectivity index (χ3v) is 5.27. The first-order valence-corrected chi connectivity index (χ1v) is 10.2. The number of nitrogens with zero attached hydrogens (tertiary/aromatic N) is 4. The monoisotopic (exact) mass is 407 g/mol. The van der Waals surface area contributed by atoms with Gasteiger partial charge in [-0.3, -0.25) is 4.98 Å². The van der Waals surface area contributed by atoms with Crippen molar-refractivity contribution in [3.63, 3.8) is 0 Å². The molecule has 0 aliphatic carbocycles. The molecule has 0 amide bonds. The molecular weight excluding hydrogens is 386 g/mol. The first kappa shape index (κ1) is 18.9. The number of fused-ring (bicyclic) bond motifs is 1. The van der Waals surface area contributed by atoms with Crippen molar-refractivity contribution in [1.82, 2.24) is 20.1 Å². The van der Waals surface area contributed by atoms with Gasteiger partial charge in [0.25, 0.3) is 5.89 Å². The van der Waals surface area contributed by atoms with Crippen LogP contribution in [0.3, 0.4) is 0 Å². The summed E-state index contributed by atoms with van der Waals surface area (Å²) in [6.07, 6.45) is 3.62. The summed E-state index contributed by atoms with van der Waals surface area (Å²) in [7, 11) is 0. The largest absolute Gasteiger partial charge is 0.363 e. The first-order chi connectivity index (χ1) is 15.2. The normalized spacial score (nSPS) is 12.1. The molecule has 0 saturated carbocycles. The van der Waals surface area contributed by atoms with Gasteiger partial charge in [0.2, 0.25) is 5.82 Å². The molecule has 0 saturated heterocycles. The van der Waals surface area contributed by atoms with Crippen LogP contribution in [-0.2, 0) is 0 Å². The van der Waals surface area contributed by atoms with Gasteiger partial charge in [-0.15, -0.1) is 0 Å². The van der Waals surface area contributed by atoms with Crippen LogP contribution in [0.1, 0.15) is 24.1 Å². The summed E-state index contributed by atoms with van der Waals surface area (Å²) in [5, 5.41) is 8.80. The molecule has 2 aromatic carbocycles. The molecule has 1 unspecified atom stereocenters. The van der Waals surface area contributed by atoms with Gasteiger partial charge >= 0.3 is 0 Å². The lowest BCUT2D eigenvalue weighted by atomic mass is 10.1. The Morgan fingerprint density at radius 1 is 0.935 bits per heavy atom. The number of benzene rings is 2. The molecule has 5 aromatic rings. The summed E-state index contributed by atoms with van der Waals surface area (Å²) < 4.78 is 5.56. The number of pyridine rings is 2. The molecule has 5 rings (SSSR count). The highest BCUT2D eigenvalue weighted by atomic mass is 16.5. The number of rotatable bonds is 5. The maximum Gasteiger partial charge on any atom is 0.258 e. The number of hydrogen-bond donors (Lipinski definition) is 1. The van der Waals surface area contributed by atoms with E-state index in [9.17, 15) is 0 Å². The van der Waals surface area contributed by atoms with Crippen LogP contribution in [0.15, 0.2) is 83.6 Å². The topological polar surface area (TPSA) is 76.7 Å². The SMILES string of the molecule is Cc1cccc2cc(-c3noc(-c4ccccc4)n3)c(NC(C)c3cccnc3)nc12. The predicted octanol–water partition coefficient (Wildman–Crippen LogP) is 5.83. The van der Waals surface area contributed by atoms with Crippen molar-refractivity contribution in [3.05, 3.63) is 90.3 Å². The first-order valence-electron chi connectivity index (χ1n) is 10.2. The lowest BCUT2D eigenvalue weighted by molar-refractivity contribution is 0.432. The van der Waals surface area contributed by atoms with Gasteiger partial charge in [0, 0.05) is 23.3 Å². The molecule has 3 aromatic heterocycles. The average Bonchev–Trinajstić information content (AvgIpc) is 3.30. The predicted molar refractivity (Wildman–Crippen MR) is 121 cm³/mol. The maximum atomic E-state index is 5.56. The molecule has 31 heavy (non-hydrogen) atoms. The molecule has 3 heterocycles. The fraction of sp³-hybridized carbons (Fsp3) is 0.120. The van der Waals surface area contributed by atoms with Gasteiger partial charge in [-0.05, 0) is 49.2 Å². The Morgan fingerprint density at radius 3 is 2.61 bits per heavy atom. The van der Waals surface area contributed by atoms with E-state index in [4.69, 9.17) is 9.51 Å². The van der Waals surface area contributed by atoms with Crippen LogP contribution in [-0.4, -0.2) is 20.1 Å². The van der Waals surface area contributed by atoms with E-state index in [1.54, 1.807) is 6.20 Å². The highest BCUT2D eigenvalue weighted by molar-refractivity contribution is 5.90. The molecule has 0 spiro atoms. The van der Waals surface area contributed by atoms with Gasteiger partial charge in [-0.25, -0.2) is 4.98 Å². The van der Waals surface area contributed by atoms with Crippen molar-refractivity contribution in [2.75, 3.05) is 5.32 Å². The van der Waals surface area contributed by atoms with Crippen molar-refractivity contribution in [2.24, 2.45) is 0 Å². The molecular formula is C25H21N5O. The lowest BCUT2D eigenvalue weighted by Gasteiger charge is -2.17. The Morgan fingerprint density at radius 2 is 1.81 bits per heavy atom. The van der Waals surface area contributed by atoms with Crippen LogP contribution in [0.2, 0.25) is 0 Å². The van der Waals surface area contributed by atoms with Gasteiger partial charge in [0.1, 0.15) is 5.82 Å². The van der Waals surface area contributed by atoms with Crippen LogP contribution in [0.5, 0.6) is 0 Å². The van der Waals surface area contributed by atoms with Gasteiger partial charge in [-0.1, -0.05) is 47.6 Å². The van der Waals surface area contributed by atoms with Crippen molar-refractivity contribution in [3.8, 4) is 22.8 Å². The van der Waals surface area contributed by atoms with Gasteiger partial charge < -0.3 is 9.84 Å². The minimum absolute atomic E-state index is 0.00177. The Hall–Kier alpha value is -4.06. The van der Waals surface area contributed by atoms with Crippen LogP contribution >= 0.6 is 0 Å². The Labute approximate surface area is 180 Å². The molecule has 0 aliphatic rings. The molecule has 0 fully saturated rings. The number of anilines is 1. The number of para-hydroxylation sites is 1. The number of nitrogens with one attached hydrogen (secondary N) is 1. The molecule has 0 aliphatic heterocycles. The van der Waals surface area contributed by atoms with Crippen LogP contribution in [0, 0.1) is 6.92 Å². The minimum Gasteiger partial charge on any atom is -0.363 e. The van der Waals surface area contributed by atoms with Crippen molar-refractivity contribution < 1.29 is 4.52 Å². The van der Waals surface area contributed by atoms with E-state index in [1.807, 2.05) is 60.8 Å². The van der Waals surface area contributed by atoms with Crippen molar-refractivity contribution >= 4 is 16.7 Å². The fourth-order valence-electron chi connectivity index (χ4n) is 3.58. The van der Waals surface area contributed by atoms with Gasteiger partial charge in [0.15, 0.2) is 0 Å². The Kier molecular flexibility index (Phi) is 4.88. The quantitative estimate of drug-likeness (QED) is 0.395. The van der Waals surface area contributed by atoms with Gasteiger partial charge in [-0.2, -0.15) is 4.98 Å². The number of hydrogen-bond acceptors (Lipinski definition) is 6. The van der Waals surface area contributed by atoms with Gasteiger partial charge in [0.05, 0.1) is 17.1 Å². The van der Waals surface area contributed by atoms with E-state index < -0.39 is 0 Å². The number of aryl methyl sites for hydroxylation is 1. The second-order valence-electron chi connectivity index (χ2n) is 7.47. The van der Waals surface area contributed by atoms with Crippen LogP contribution in [0.4, 0.5) is 5.82 Å². The zero-order valence-electron chi connectivity index (χ0n) is 17.3. The second-order valence-corrected chi connectivity index (χ2v) is 7.47. The van der Waals surface area contributed by atoms with Crippen LogP contribution in [0.25, 0.3) is 33.7 Å². The van der Waals surface area contributed by atoms with E-state index in [0.29, 0.717) is 17.5 Å². The smallest absolute Gasteiger partial charge is 0.258 e. The second kappa shape index (κ2) is 7.99. The van der Waals surface area contributed by atoms with E-state index in [-0.39, 0.29) is 6.04 Å². The third kappa shape index (κ3) is 3.75. The average molecular weight is 407 g/mol. The zero-order valence-corrected chi connectivity index (χ0v) is 17.3. The molecule has 6 heteroatoms. The summed E-state index contributed by atoms with van der Waals surface area (Å²) in [5.41, 5.74) is 4.79.